The molecule has 0 radical (unpaired) electrons. The maximum Gasteiger partial charge on any atom is 0.315 e. The summed E-state index contributed by atoms with van der Waals surface area (Å²) >= 11 is 0. The highest BCUT2D eigenvalue weighted by atomic mass is 32.2. The summed E-state index contributed by atoms with van der Waals surface area (Å²) in [7, 11) is -3.34. The van der Waals surface area contributed by atoms with Gasteiger partial charge in [0.2, 0.25) is 10.0 Å². The van der Waals surface area contributed by atoms with Gasteiger partial charge >= 0.3 is 6.03 Å². The predicted molar refractivity (Wildman–Crippen MR) is 92.9 cm³/mol. The number of aromatic nitrogens is 1. The monoisotopic (exact) mass is 348 g/mol. The van der Waals surface area contributed by atoms with Crippen molar-refractivity contribution in [3.63, 3.8) is 0 Å². The summed E-state index contributed by atoms with van der Waals surface area (Å²) in [5, 5.41) is 5.53. The number of carbonyl (C=O) groups is 1. The SMILES string of the molecule is C[C@@H](NC(=O)NCc1ccccn1)c1cccc(NS(C)(=O)=O)c1. The van der Waals surface area contributed by atoms with Crippen molar-refractivity contribution in [2.75, 3.05) is 11.0 Å². The average molecular weight is 348 g/mol. The first-order valence-corrected chi connectivity index (χ1v) is 9.24. The molecule has 0 aliphatic carbocycles. The van der Waals surface area contributed by atoms with E-state index in [0.29, 0.717) is 12.2 Å². The fourth-order valence-electron chi connectivity index (χ4n) is 2.09. The Labute approximate surface area is 141 Å². The summed E-state index contributed by atoms with van der Waals surface area (Å²) in [5.41, 5.74) is 2.01. The quantitative estimate of drug-likeness (QED) is 0.743. The number of rotatable bonds is 6. The second kappa shape index (κ2) is 7.78. The number of benzene rings is 1. The number of amides is 2. The largest absolute Gasteiger partial charge is 0.332 e. The Morgan fingerprint density at radius 1 is 1.21 bits per heavy atom. The van der Waals surface area contributed by atoms with Crippen molar-refractivity contribution in [2.45, 2.75) is 19.5 Å². The molecule has 0 fully saturated rings. The van der Waals surface area contributed by atoms with Gasteiger partial charge < -0.3 is 10.6 Å². The highest BCUT2D eigenvalue weighted by molar-refractivity contribution is 7.92. The minimum absolute atomic E-state index is 0.282. The van der Waals surface area contributed by atoms with E-state index in [1.165, 1.54) is 0 Å². The van der Waals surface area contributed by atoms with Crippen molar-refractivity contribution in [3.05, 3.63) is 59.9 Å². The number of urea groups is 1. The van der Waals surface area contributed by atoms with Crippen molar-refractivity contribution < 1.29 is 13.2 Å². The van der Waals surface area contributed by atoms with Crippen LogP contribution in [0.3, 0.4) is 0 Å². The van der Waals surface area contributed by atoms with Gasteiger partial charge in [-0.3, -0.25) is 9.71 Å². The average Bonchev–Trinajstić information content (AvgIpc) is 2.52. The van der Waals surface area contributed by atoms with Crippen molar-refractivity contribution in [2.24, 2.45) is 0 Å². The predicted octanol–water partition coefficient (Wildman–Crippen LogP) is 2.01. The van der Waals surface area contributed by atoms with E-state index in [-0.39, 0.29) is 12.1 Å². The second-order valence-electron chi connectivity index (χ2n) is 5.37. The Morgan fingerprint density at radius 2 is 2.00 bits per heavy atom. The third-order valence-electron chi connectivity index (χ3n) is 3.19. The highest BCUT2D eigenvalue weighted by Crippen LogP contribution is 2.18. The van der Waals surface area contributed by atoms with Gasteiger partial charge in [-0.05, 0) is 36.8 Å². The second-order valence-corrected chi connectivity index (χ2v) is 7.12. The molecule has 2 aromatic rings. The number of nitrogens with one attached hydrogen (secondary N) is 3. The Hall–Kier alpha value is -2.61. The molecule has 2 amide bonds. The fraction of sp³-hybridized carbons (Fsp3) is 0.250. The molecule has 1 aromatic carbocycles. The molecular weight excluding hydrogens is 328 g/mol. The first-order valence-electron chi connectivity index (χ1n) is 7.35. The van der Waals surface area contributed by atoms with E-state index in [9.17, 15) is 13.2 Å². The van der Waals surface area contributed by atoms with Gasteiger partial charge in [0.15, 0.2) is 0 Å². The summed E-state index contributed by atoms with van der Waals surface area (Å²) < 4.78 is 25.0. The molecule has 128 valence electrons. The summed E-state index contributed by atoms with van der Waals surface area (Å²) in [6.07, 6.45) is 2.75. The zero-order valence-electron chi connectivity index (χ0n) is 13.5. The van der Waals surface area contributed by atoms with Gasteiger partial charge in [0.05, 0.1) is 24.5 Å². The Morgan fingerprint density at radius 3 is 2.67 bits per heavy atom. The zero-order chi connectivity index (χ0) is 17.6. The third kappa shape index (κ3) is 5.88. The summed E-state index contributed by atoms with van der Waals surface area (Å²) in [6, 6.07) is 11.8. The Kier molecular flexibility index (Phi) is 5.75. The Bertz CT molecular complexity index is 794. The van der Waals surface area contributed by atoms with Crippen LogP contribution in [0, 0.1) is 0 Å². The molecule has 24 heavy (non-hydrogen) atoms. The summed E-state index contributed by atoms with van der Waals surface area (Å²) in [4.78, 5) is 16.1. The third-order valence-corrected chi connectivity index (χ3v) is 3.80. The fourth-order valence-corrected chi connectivity index (χ4v) is 2.65. The van der Waals surface area contributed by atoms with Gasteiger partial charge in [-0.25, -0.2) is 13.2 Å². The summed E-state index contributed by atoms with van der Waals surface area (Å²) in [6.45, 7) is 2.15. The van der Waals surface area contributed by atoms with Crippen LogP contribution in [-0.2, 0) is 16.6 Å². The number of hydrogen-bond acceptors (Lipinski definition) is 4. The highest BCUT2D eigenvalue weighted by Gasteiger charge is 2.11. The number of carbonyl (C=O) groups excluding carboxylic acids is 1. The molecule has 0 saturated heterocycles. The van der Waals surface area contributed by atoms with Crippen LogP contribution in [0.2, 0.25) is 0 Å². The van der Waals surface area contributed by atoms with E-state index in [2.05, 4.69) is 20.3 Å². The molecule has 0 aliphatic rings. The van der Waals surface area contributed by atoms with Gasteiger partial charge in [0.1, 0.15) is 0 Å². The molecular formula is C16H20N4O3S. The van der Waals surface area contributed by atoms with E-state index >= 15 is 0 Å². The van der Waals surface area contributed by atoms with Gasteiger partial charge in [0.25, 0.3) is 0 Å². The smallest absolute Gasteiger partial charge is 0.315 e. The van der Waals surface area contributed by atoms with Crippen LogP contribution in [0.25, 0.3) is 0 Å². The van der Waals surface area contributed by atoms with E-state index < -0.39 is 10.0 Å². The number of pyridine rings is 1. The van der Waals surface area contributed by atoms with Crippen LogP contribution in [0.1, 0.15) is 24.2 Å². The van der Waals surface area contributed by atoms with Gasteiger partial charge in [0, 0.05) is 11.9 Å². The number of nitrogens with zero attached hydrogens (tertiary/aromatic N) is 1. The van der Waals surface area contributed by atoms with Crippen LogP contribution in [0.15, 0.2) is 48.7 Å². The lowest BCUT2D eigenvalue weighted by molar-refractivity contribution is 0.237. The topological polar surface area (TPSA) is 100 Å². The van der Waals surface area contributed by atoms with Crippen molar-refractivity contribution in [1.82, 2.24) is 15.6 Å². The molecule has 1 heterocycles. The zero-order valence-corrected chi connectivity index (χ0v) is 14.3. The van der Waals surface area contributed by atoms with Crippen LogP contribution in [0.5, 0.6) is 0 Å². The molecule has 0 aliphatic heterocycles. The molecule has 1 atom stereocenters. The van der Waals surface area contributed by atoms with E-state index in [0.717, 1.165) is 17.5 Å². The van der Waals surface area contributed by atoms with Gasteiger partial charge in [-0.1, -0.05) is 18.2 Å². The molecule has 0 unspecified atom stereocenters. The van der Waals surface area contributed by atoms with Crippen molar-refractivity contribution >= 4 is 21.7 Å². The number of hydrogen-bond donors (Lipinski definition) is 3. The lowest BCUT2D eigenvalue weighted by Gasteiger charge is -2.16. The lowest BCUT2D eigenvalue weighted by atomic mass is 10.1. The molecule has 8 heteroatoms. The first-order chi connectivity index (χ1) is 11.3. The maximum absolute atomic E-state index is 12.0. The molecule has 7 nitrogen and oxygen atoms in total. The maximum atomic E-state index is 12.0. The number of sulfonamides is 1. The molecule has 1 aromatic heterocycles. The molecule has 2 rings (SSSR count). The normalized spacial score (nSPS) is 12.2. The van der Waals surface area contributed by atoms with Crippen molar-refractivity contribution in [3.8, 4) is 0 Å². The molecule has 0 saturated carbocycles. The van der Waals surface area contributed by atoms with Crippen LogP contribution >= 0.6 is 0 Å². The van der Waals surface area contributed by atoms with E-state index in [4.69, 9.17) is 0 Å². The van der Waals surface area contributed by atoms with Gasteiger partial charge in [-0.2, -0.15) is 0 Å². The Balaban J connectivity index is 1.93. The number of anilines is 1. The van der Waals surface area contributed by atoms with Crippen LogP contribution < -0.4 is 15.4 Å². The van der Waals surface area contributed by atoms with Crippen LogP contribution in [0.4, 0.5) is 10.5 Å². The minimum Gasteiger partial charge on any atom is -0.332 e. The summed E-state index contributed by atoms with van der Waals surface area (Å²) in [5.74, 6) is 0. The lowest BCUT2D eigenvalue weighted by Crippen LogP contribution is -2.36. The van der Waals surface area contributed by atoms with E-state index in [1.54, 1.807) is 24.4 Å². The van der Waals surface area contributed by atoms with Gasteiger partial charge in [-0.15, -0.1) is 0 Å². The standard InChI is InChI=1S/C16H20N4O3S/c1-12(13-6-5-8-14(10-13)20-24(2,22)23)19-16(21)18-11-15-7-3-4-9-17-15/h3-10,12,20H,11H2,1-2H3,(H2,18,19,21)/t12-/m1/s1. The first kappa shape index (κ1) is 17.7. The van der Waals surface area contributed by atoms with Crippen LogP contribution in [-0.4, -0.2) is 25.7 Å². The van der Waals surface area contributed by atoms with E-state index in [1.807, 2.05) is 31.2 Å². The molecule has 0 bridgehead atoms. The van der Waals surface area contributed by atoms with Crippen molar-refractivity contribution in [1.29, 1.82) is 0 Å². The molecule has 3 N–H and O–H groups in total. The minimum atomic E-state index is -3.34. The molecule has 0 spiro atoms.